The summed E-state index contributed by atoms with van der Waals surface area (Å²) in [6, 6.07) is 0. The fraction of sp³-hybridized carbons (Fsp3) is 0.800. The molecule has 0 amide bonds. The number of rotatable bonds is 3. The molecule has 112 valence electrons. The van der Waals surface area contributed by atoms with E-state index in [0.29, 0.717) is 5.54 Å². The Labute approximate surface area is 130 Å². The minimum atomic E-state index is 0.302. The van der Waals surface area contributed by atoms with Crippen molar-refractivity contribution in [2.24, 2.45) is 13.0 Å². The molecule has 1 aliphatic carbocycles. The predicted molar refractivity (Wildman–Crippen MR) is 84.7 cm³/mol. The first-order valence-corrected chi connectivity index (χ1v) is 8.44. The summed E-state index contributed by atoms with van der Waals surface area (Å²) >= 11 is 3.69. The number of hydrogen-bond acceptors (Lipinski definition) is 3. The van der Waals surface area contributed by atoms with Crippen LogP contribution in [0.5, 0.6) is 0 Å². The highest BCUT2D eigenvalue weighted by Gasteiger charge is 2.43. The van der Waals surface area contributed by atoms with E-state index in [9.17, 15) is 0 Å². The van der Waals surface area contributed by atoms with E-state index in [1.165, 1.54) is 36.0 Å². The van der Waals surface area contributed by atoms with Gasteiger partial charge in [-0.1, -0.05) is 0 Å². The molecule has 1 aromatic heterocycles. The van der Waals surface area contributed by atoms with Gasteiger partial charge in [-0.2, -0.15) is 5.10 Å². The van der Waals surface area contributed by atoms with Gasteiger partial charge in [0.05, 0.1) is 15.9 Å². The maximum atomic E-state index is 4.51. The van der Waals surface area contributed by atoms with Gasteiger partial charge in [-0.25, -0.2) is 0 Å². The van der Waals surface area contributed by atoms with Gasteiger partial charge in [0.1, 0.15) is 0 Å². The number of nitrogens with one attached hydrogen (secondary N) is 1. The minimum Gasteiger partial charge on any atom is -0.310 e. The lowest BCUT2D eigenvalue weighted by atomic mass is 9.95. The maximum Gasteiger partial charge on any atom is 0.0739 e. The second-order valence-electron chi connectivity index (χ2n) is 6.65. The summed E-state index contributed by atoms with van der Waals surface area (Å²) in [6.07, 6.45) is 4.02. The molecular weight excluding hydrogens is 316 g/mol. The molecule has 1 unspecified atom stereocenters. The first-order chi connectivity index (χ1) is 9.49. The average Bonchev–Trinajstić information content (AvgIpc) is 3.20. The summed E-state index contributed by atoms with van der Waals surface area (Å²) in [6.45, 7) is 8.93. The third-order valence-electron chi connectivity index (χ3n) is 4.85. The molecular formula is C15H25BrN4. The van der Waals surface area contributed by atoms with Crippen LogP contribution in [0.4, 0.5) is 0 Å². The Bertz CT molecular complexity index is 494. The van der Waals surface area contributed by atoms with Gasteiger partial charge in [0, 0.05) is 25.7 Å². The maximum absolute atomic E-state index is 4.51. The SMILES string of the molecule is Cc1nn(C)c(CN2CCCNC(C)(C3CC3)C2)c1Br. The molecule has 2 aliphatic rings. The number of aromatic nitrogens is 2. The zero-order chi connectivity index (χ0) is 14.3. The molecule has 1 saturated heterocycles. The van der Waals surface area contributed by atoms with Crippen LogP contribution in [0.2, 0.25) is 0 Å². The molecule has 0 aromatic carbocycles. The molecule has 1 N–H and O–H groups in total. The zero-order valence-corrected chi connectivity index (χ0v) is 14.3. The van der Waals surface area contributed by atoms with Crippen molar-refractivity contribution >= 4 is 15.9 Å². The van der Waals surface area contributed by atoms with Gasteiger partial charge in [0.25, 0.3) is 0 Å². The van der Waals surface area contributed by atoms with Gasteiger partial charge in [0.2, 0.25) is 0 Å². The Morgan fingerprint density at radius 1 is 1.45 bits per heavy atom. The minimum absolute atomic E-state index is 0.302. The van der Waals surface area contributed by atoms with Crippen LogP contribution in [0.3, 0.4) is 0 Å². The predicted octanol–water partition coefficient (Wildman–Crippen LogP) is 2.46. The van der Waals surface area contributed by atoms with E-state index in [1.807, 2.05) is 11.7 Å². The van der Waals surface area contributed by atoms with E-state index in [-0.39, 0.29) is 0 Å². The molecule has 4 nitrogen and oxygen atoms in total. The van der Waals surface area contributed by atoms with Crippen molar-refractivity contribution < 1.29 is 0 Å². The molecule has 1 atom stereocenters. The monoisotopic (exact) mass is 340 g/mol. The molecule has 0 spiro atoms. The highest BCUT2D eigenvalue weighted by atomic mass is 79.9. The van der Waals surface area contributed by atoms with E-state index in [4.69, 9.17) is 0 Å². The van der Waals surface area contributed by atoms with Crippen molar-refractivity contribution in [3.05, 3.63) is 15.9 Å². The van der Waals surface area contributed by atoms with Crippen LogP contribution >= 0.6 is 15.9 Å². The first-order valence-electron chi connectivity index (χ1n) is 7.65. The lowest BCUT2D eigenvalue weighted by Gasteiger charge is -2.34. The molecule has 20 heavy (non-hydrogen) atoms. The highest BCUT2D eigenvalue weighted by Crippen LogP contribution is 2.40. The number of nitrogens with zero attached hydrogens (tertiary/aromatic N) is 3. The topological polar surface area (TPSA) is 33.1 Å². The van der Waals surface area contributed by atoms with E-state index < -0.39 is 0 Å². The van der Waals surface area contributed by atoms with Crippen molar-refractivity contribution in [2.75, 3.05) is 19.6 Å². The molecule has 0 bridgehead atoms. The summed E-state index contributed by atoms with van der Waals surface area (Å²) in [5, 5.41) is 8.31. The average molecular weight is 341 g/mol. The van der Waals surface area contributed by atoms with Gasteiger partial charge >= 0.3 is 0 Å². The van der Waals surface area contributed by atoms with Gasteiger partial charge in [-0.15, -0.1) is 0 Å². The van der Waals surface area contributed by atoms with E-state index in [0.717, 1.165) is 31.2 Å². The van der Waals surface area contributed by atoms with E-state index in [1.54, 1.807) is 0 Å². The Kier molecular flexibility index (Phi) is 3.95. The van der Waals surface area contributed by atoms with E-state index >= 15 is 0 Å². The number of hydrogen-bond donors (Lipinski definition) is 1. The number of halogens is 1. The second-order valence-corrected chi connectivity index (χ2v) is 7.45. The molecule has 1 aliphatic heterocycles. The molecule has 0 radical (unpaired) electrons. The van der Waals surface area contributed by atoms with E-state index in [2.05, 4.69) is 45.1 Å². The molecule has 3 rings (SSSR count). The molecule has 5 heteroatoms. The first kappa shape index (κ1) is 14.5. The van der Waals surface area contributed by atoms with Gasteiger partial charge < -0.3 is 5.32 Å². The normalized spacial score (nSPS) is 28.6. The van der Waals surface area contributed by atoms with Crippen LogP contribution in [0, 0.1) is 12.8 Å². The molecule has 2 heterocycles. The Hall–Kier alpha value is -0.390. The standard InChI is InChI=1S/C15H25BrN4/c1-11-14(16)13(19(3)18-11)9-20-8-4-7-17-15(2,10-20)12-5-6-12/h12,17H,4-10H2,1-3H3. The summed E-state index contributed by atoms with van der Waals surface area (Å²) in [4.78, 5) is 2.60. The van der Waals surface area contributed by atoms with Crippen LogP contribution in [0.25, 0.3) is 0 Å². The summed E-state index contributed by atoms with van der Waals surface area (Å²) in [5.41, 5.74) is 2.68. The van der Waals surface area contributed by atoms with Gasteiger partial charge in [-0.05, 0) is 68.0 Å². The van der Waals surface area contributed by atoms with Crippen LogP contribution in [0.15, 0.2) is 4.47 Å². The van der Waals surface area contributed by atoms with Crippen LogP contribution < -0.4 is 5.32 Å². The van der Waals surface area contributed by atoms with Gasteiger partial charge in [-0.3, -0.25) is 9.58 Å². The lowest BCUT2D eigenvalue weighted by molar-refractivity contribution is 0.191. The third-order valence-corrected chi connectivity index (χ3v) is 5.88. The fourth-order valence-corrected chi connectivity index (χ4v) is 3.93. The van der Waals surface area contributed by atoms with Gasteiger partial charge in [0.15, 0.2) is 0 Å². The summed E-state index contributed by atoms with van der Waals surface area (Å²) in [7, 11) is 2.04. The summed E-state index contributed by atoms with van der Waals surface area (Å²) in [5.74, 6) is 0.875. The second kappa shape index (κ2) is 5.43. The summed E-state index contributed by atoms with van der Waals surface area (Å²) < 4.78 is 3.19. The molecule has 1 saturated carbocycles. The Morgan fingerprint density at radius 2 is 2.20 bits per heavy atom. The van der Waals surface area contributed by atoms with Crippen molar-refractivity contribution in [3.8, 4) is 0 Å². The number of aryl methyl sites for hydroxylation is 2. The third kappa shape index (κ3) is 2.81. The molecule has 2 fully saturated rings. The lowest BCUT2D eigenvalue weighted by Crippen LogP contribution is -2.50. The van der Waals surface area contributed by atoms with Crippen molar-refractivity contribution in [1.29, 1.82) is 0 Å². The highest BCUT2D eigenvalue weighted by molar-refractivity contribution is 9.10. The van der Waals surface area contributed by atoms with Crippen molar-refractivity contribution in [2.45, 2.75) is 45.2 Å². The quantitative estimate of drug-likeness (QED) is 0.917. The Balaban J connectivity index is 1.75. The molecule has 1 aromatic rings. The van der Waals surface area contributed by atoms with Crippen LogP contribution in [-0.4, -0.2) is 39.9 Å². The van der Waals surface area contributed by atoms with Crippen molar-refractivity contribution in [3.63, 3.8) is 0 Å². The van der Waals surface area contributed by atoms with Crippen LogP contribution in [-0.2, 0) is 13.6 Å². The van der Waals surface area contributed by atoms with Crippen LogP contribution in [0.1, 0.15) is 37.6 Å². The largest absolute Gasteiger partial charge is 0.310 e. The van der Waals surface area contributed by atoms with Crippen molar-refractivity contribution in [1.82, 2.24) is 20.0 Å². The zero-order valence-electron chi connectivity index (χ0n) is 12.7. The fourth-order valence-electron chi connectivity index (χ4n) is 3.47. The Morgan fingerprint density at radius 3 is 2.80 bits per heavy atom. The smallest absolute Gasteiger partial charge is 0.0739 e.